The van der Waals surface area contributed by atoms with E-state index in [9.17, 15) is 19.8 Å². The number of hydrogen-bond acceptors (Lipinski definition) is 6. The average molecular weight is 320 g/mol. The first-order valence-electron chi connectivity index (χ1n) is 7.71. The second-order valence-corrected chi connectivity index (χ2v) is 6.32. The number of esters is 1. The van der Waals surface area contributed by atoms with Crippen molar-refractivity contribution >= 4 is 11.8 Å². The molecule has 2 N–H and O–H groups in total. The van der Waals surface area contributed by atoms with Crippen LogP contribution in [0.4, 0.5) is 0 Å². The highest BCUT2D eigenvalue weighted by Crippen LogP contribution is 2.54. The van der Waals surface area contributed by atoms with E-state index in [4.69, 9.17) is 9.47 Å². The molecule has 0 amide bonds. The Balaban J connectivity index is 2.11. The van der Waals surface area contributed by atoms with Crippen LogP contribution < -0.4 is 4.74 Å². The van der Waals surface area contributed by atoms with Crippen LogP contribution in [0.25, 0.3) is 0 Å². The van der Waals surface area contributed by atoms with Crippen molar-refractivity contribution in [1.82, 2.24) is 0 Å². The first kappa shape index (κ1) is 15.8. The second kappa shape index (κ2) is 5.53. The van der Waals surface area contributed by atoms with Gasteiger partial charge in [-0.2, -0.15) is 0 Å². The minimum atomic E-state index is -1.36. The quantitative estimate of drug-likeness (QED) is 0.821. The fourth-order valence-corrected chi connectivity index (χ4v) is 4.00. The molecule has 1 fully saturated rings. The number of aliphatic hydroxyl groups excluding tert-OH is 1. The Morgan fingerprint density at radius 1 is 1.48 bits per heavy atom. The number of rotatable bonds is 3. The molecule has 1 heterocycles. The predicted octanol–water partition coefficient (Wildman–Crippen LogP) is 1.53. The van der Waals surface area contributed by atoms with E-state index in [2.05, 4.69) is 0 Å². The number of phenols is 1. The van der Waals surface area contributed by atoms with E-state index in [1.54, 1.807) is 0 Å². The number of aliphatic hydroxyl groups is 1. The van der Waals surface area contributed by atoms with Crippen molar-refractivity contribution in [3.63, 3.8) is 0 Å². The van der Waals surface area contributed by atoms with Gasteiger partial charge in [0, 0.05) is 12.5 Å². The zero-order valence-corrected chi connectivity index (χ0v) is 13.1. The highest BCUT2D eigenvalue weighted by atomic mass is 16.5. The number of carbonyl (C=O) groups is 2. The third kappa shape index (κ3) is 2.12. The van der Waals surface area contributed by atoms with Gasteiger partial charge < -0.3 is 19.7 Å². The van der Waals surface area contributed by atoms with Gasteiger partial charge >= 0.3 is 5.97 Å². The van der Waals surface area contributed by atoms with Crippen LogP contribution in [0.15, 0.2) is 18.2 Å². The summed E-state index contributed by atoms with van der Waals surface area (Å²) >= 11 is 0. The van der Waals surface area contributed by atoms with Gasteiger partial charge in [-0.25, -0.2) is 0 Å². The molecule has 1 aliphatic heterocycles. The molecule has 23 heavy (non-hydrogen) atoms. The number of hydrogen-bond donors (Lipinski definition) is 2. The summed E-state index contributed by atoms with van der Waals surface area (Å²) in [4.78, 5) is 25.3. The van der Waals surface area contributed by atoms with E-state index in [-0.39, 0.29) is 35.5 Å². The van der Waals surface area contributed by atoms with Crippen molar-refractivity contribution < 1.29 is 29.3 Å². The maximum absolute atomic E-state index is 13.1. The molecule has 0 saturated heterocycles. The molecule has 1 aromatic carbocycles. The van der Waals surface area contributed by atoms with Crippen LogP contribution in [0, 0.1) is 17.8 Å². The minimum absolute atomic E-state index is 0.0304. The Kier molecular flexibility index (Phi) is 3.80. The summed E-state index contributed by atoms with van der Waals surface area (Å²) in [6.07, 6.45) is 1.06. The number of fused-ring (bicyclic) bond motifs is 1. The van der Waals surface area contributed by atoms with Crippen molar-refractivity contribution in [2.24, 2.45) is 17.8 Å². The van der Waals surface area contributed by atoms with Crippen LogP contribution in [0.1, 0.15) is 30.1 Å². The molecule has 124 valence electrons. The monoisotopic (exact) mass is 320 g/mol. The highest BCUT2D eigenvalue weighted by molar-refractivity contribution is 6.10. The van der Waals surface area contributed by atoms with E-state index in [1.807, 2.05) is 6.92 Å². The zero-order valence-electron chi connectivity index (χ0n) is 13.1. The molecule has 1 spiro atoms. The minimum Gasteiger partial charge on any atom is -0.508 e. The molecule has 1 aliphatic carbocycles. The molecular formula is C17H20O6. The van der Waals surface area contributed by atoms with Crippen molar-refractivity contribution in [3.8, 4) is 11.5 Å². The van der Waals surface area contributed by atoms with Crippen LogP contribution in [-0.2, 0) is 9.53 Å². The fraction of sp³-hybridized carbons (Fsp3) is 0.529. The van der Waals surface area contributed by atoms with Crippen LogP contribution in [0.3, 0.4) is 0 Å². The van der Waals surface area contributed by atoms with E-state index in [1.165, 1.54) is 25.3 Å². The molecular weight excluding hydrogens is 300 g/mol. The van der Waals surface area contributed by atoms with E-state index in [0.29, 0.717) is 18.6 Å². The lowest BCUT2D eigenvalue weighted by molar-refractivity contribution is -0.151. The van der Waals surface area contributed by atoms with Gasteiger partial charge in [-0.1, -0.05) is 6.92 Å². The lowest BCUT2D eigenvalue weighted by Crippen LogP contribution is -2.54. The summed E-state index contributed by atoms with van der Waals surface area (Å²) in [5.74, 6) is -1.68. The lowest BCUT2D eigenvalue weighted by Gasteiger charge is -2.35. The number of ether oxygens (including phenoxy) is 2. The third-order valence-electron chi connectivity index (χ3n) is 5.14. The summed E-state index contributed by atoms with van der Waals surface area (Å²) in [6.45, 7) is 1.74. The SMILES string of the molecule is COC(=O)C1CCC(C(C)CO)C12Oc1ccc(O)cc1C2=O. The van der Waals surface area contributed by atoms with Gasteiger partial charge in [-0.3, -0.25) is 9.59 Å². The number of phenolic OH excluding ortho intramolecular Hbond substituents is 1. The Morgan fingerprint density at radius 2 is 2.22 bits per heavy atom. The lowest BCUT2D eigenvalue weighted by atomic mass is 9.74. The molecule has 1 saturated carbocycles. The molecule has 0 radical (unpaired) electrons. The fourth-order valence-electron chi connectivity index (χ4n) is 4.00. The molecule has 0 bridgehead atoms. The highest BCUT2D eigenvalue weighted by Gasteiger charge is 2.65. The number of aromatic hydroxyl groups is 1. The Bertz CT molecular complexity index is 654. The molecule has 1 aromatic rings. The van der Waals surface area contributed by atoms with Gasteiger partial charge in [0.25, 0.3) is 0 Å². The topological polar surface area (TPSA) is 93.1 Å². The predicted molar refractivity (Wildman–Crippen MR) is 80.3 cm³/mol. The Hall–Kier alpha value is -2.08. The van der Waals surface area contributed by atoms with Crippen LogP contribution >= 0.6 is 0 Å². The number of methoxy groups -OCH3 is 1. The number of ketones is 1. The molecule has 6 heteroatoms. The summed E-state index contributed by atoms with van der Waals surface area (Å²) in [5.41, 5.74) is -1.08. The largest absolute Gasteiger partial charge is 0.508 e. The Labute approximate surface area is 134 Å². The Morgan fingerprint density at radius 3 is 2.87 bits per heavy atom. The smallest absolute Gasteiger partial charge is 0.313 e. The van der Waals surface area contributed by atoms with Gasteiger partial charge in [0.1, 0.15) is 17.4 Å². The molecule has 4 atom stereocenters. The molecule has 2 aliphatic rings. The molecule has 6 nitrogen and oxygen atoms in total. The second-order valence-electron chi connectivity index (χ2n) is 6.32. The summed E-state index contributed by atoms with van der Waals surface area (Å²) in [5, 5.41) is 19.2. The average Bonchev–Trinajstić information content (AvgIpc) is 3.06. The van der Waals surface area contributed by atoms with Crippen molar-refractivity contribution in [3.05, 3.63) is 23.8 Å². The zero-order chi connectivity index (χ0) is 16.8. The molecule has 3 rings (SSSR count). The normalized spacial score (nSPS) is 30.1. The van der Waals surface area contributed by atoms with Gasteiger partial charge in [0.05, 0.1) is 12.7 Å². The third-order valence-corrected chi connectivity index (χ3v) is 5.14. The first-order valence-corrected chi connectivity index (χ1v) is 7.71. The van der Waals surface area contributed by atoms with Crippen molar-refractivity contribution in [2.45, 2.75) is 25.4 Å². The van der Waals surface area contributed by atoms with E-state index < -0.39 is 17.5 Å². The van der Waals surface area contributed by atoms with Gasteiger partial charge in [-0.15, -0.1) is 0 Å². The van der Waals surface area contributed by atoms with Crippen molar-refractivity contribution in [1.29, 1.82) is 0 Å². The van der Waals surface area contributed by atoms with E-state index in [0.717, 1.165) is 0 Å². The molecule has 0 aromatic heterocycles. The van der Waals surface area contributed by atoms with Gasteiger partial charge in [0.15, 0.2) is 5.60 Å². The number of Topliss-reactive ketones (excluding diaryl/α,β-unsaturated/α-hetero) is 1. The summed E-state index contributed by atoms with van der Waals surface area (Å²) in [7, 11) is 1.29. The van der Waals surface area contributed by atoms with Gasteiger partial charge in [0.2, 0.25) is 5.78 Å². The van der Waals surface area contributed by atoms with Crippen molar-refractivity contribution in [2.75, 3.05) is 13.7 Å². The maximum Gasteiger partial charge on any atom is 0.313 e. The van der Waals surface area contributed by atoms with Crippen LogP contribution in [0.5, 0.6) is 11.5 Å². The first-order chi connectivity index (χ1) is 11.0. The summed E-state index contributed by atoms with van der Waals surface area (Å²) in [6, 6.07) is 4.34. The van der Waals surface area contributed by atoms with Crippen LogP contribution in [0.2, 0.25) is 0 Å². The molecule has 4 unspecified atom stereocenters. The number of benzene rings is 1. The van der Waals surface area contributed by atoms with Crippen LogP contribution in [-0.4, -0.2) is 41.3 Å². The van der Waals surface area contributed by atoms with Gasteiger partial charge in [-0.05, 0) is 37.0 Å². The maximum atomic E-state index is 13.1. The standard InChI is InChI=1S/C17H20O6/c1-9(8-18)12-4-5-13(16(21)22-2)17(12)15(20)11-7-10(19)3-6-14(11)23-17/h3,6-7,9,12-13,18-19H,4-5,8H2,1-2H3. The number of carbonyl (C=O) groups excluding carboxylic acids is 2. The summed E-state index contributed by atoms with van der Waals surface area (Å²) < 4.78 is 10.9. The van der Waals surface area contributed by atoms with E-state index >= 15 is 0 Å².